The highest BCUT2D eigenvalue weighted by molar-refractivity contribution is 8.00. The molecule has 9 aliphatic rings. The molecule has 6 aliphatic heterocycles. The minimum absolute atomic E-state index is 0.0617. The van der Waals surface area contributed by atoms with E-state index in [0.717, 1.165) is 225 Å². The Kier molecular flexibility index (Phi) is 46.8. The zero-order valence-corrected chi connectivity index (χ0v) is 93.5. The summed E-state index contributed by atoms with van der Waals surface area (Å²) in [4.78, 5) is 84.3. The normalized spacial score (nSPS) is 18.5. The summed E-state index contributed by atoms with van der Waals surface area (Å²) in [6.45, 7) is 13.0. The van der Waals surface area contributed by atoms with Crippen molar-refractivity contribution in [1.82, 2.24) is 25.3 Å². The van der Waals surface area contributed by atoms with Crippen LogP contribution in [0, 0.1) is 0 Å². The van der Waals surface area contributed by atoms with E-state index in [4.69, 9.17) is 132 Å². The van der Waals surface area contributed by atoms with Gasteiger partial charge in [-0.1, -0.05) is 212 Å². The van der Waals surface area contributed by atoms with Crippen LogP contribution in [-0.2, 0) is 72.7 Å². The maximum absolute atomic E-state index is 13.9. The molecule has 3 aliphatic carbocycles. The van der Waals surface area contributed by atoms with E-state index in [9.17, 15) is 44.4 Å². The lowest BCUT2D eigenvalue weighted by molar-refractivity contribution is -0.123. The van der Waals surface area contributed by atoms with Crippen LogP contribution in [0.2, 0.25) is 50.2 Å². The molecule has 146 heavy (non-hydrogen) atoms. The van der Waals surface area contributed by atoms with Crippen LogP contribution in [0.4, 0.5) is 38.9 Å². The molecule has 8 aromatic carbocycles. The quantitative estimate of drug-likeness (QED) is 0.0127. The van der Waals surface area contributed by atoms with Gasteiger partial charge in [-0.15, -0.1) is 35.3 Å². The molecule has 7 atom stereocenters. The van der Waals surface area contributed by atoms with Gasteiger partial charge in [0, 0.05) is 176 Å². The standard InChI is InChI=1S/C33H45Cl2N5O7S.C27H33Cl2N3OS.C26H32Cl2N4OS.C12H16Cl2O.C12H14Cl2O/c34-23-14-21(24(35)13-20(23)5-3-4-10-36-33(47)37-15-28(42)30(44)31(45)29(43)17-41)16-38-19-48-18-27(38)32(46)40-12-11-39(22-8-9-22)25-6-1-2-7-26(25)40;1-2-3-4-7-19-14-23(29)20(15-22(19)28)16-30-18-34-17-26(30)27(33)32-13-12-31(21-10-11-21)24-8-5-6-9-25(24)32;27-21-14-19(22(28)13-18(21)5-3-4-10-29)15-30-17-34-16-25(30)26(33)32-12-11-31(20-8-9-20)23-6-1-2-7-24(23)32;2*1-2-3-4-5-9-6-12(14)10(8-15)7-11(9)13/h1-2,6-7,13-14,22,27-31,41-45H,3-5,8-12,15-19H2,(H2,36,37,47);5-6,8-9,14-15,21,26H,2-4,7,10-13,16-18H2,1H3;1-2,6-7,13-14,20,25H,3-5,8-12,15-17,29H2;6-7,15H,2-5,8H2,1H3;6-8H,2-5H2,1H3/t27-,28+,29-,30-,31-;26-;25-;;/m000../s1. The number of rotatable bonds is 41. The number of carbonyl (C=O) groups is 5. The number of amides is 5. The molecule has 0 spiro atoms. The number of aliphatic hydroxyl groups excluding tert-OH is 6. The van der Waals surface area contributed by atoms with Gasteiger partial charge in [-0.05, 0) is 269 Å². The Morgan fingerprint density at radius 2 is 0.671 bits per heavy atom. The molecule has 0 radical (unpaired) electrons. The third-order valence-electron chi connectivity index (χ3n) is 28.1. The van der Waals surface area contributed by atoms with E-state index in [1.54, 1.807) is 41.7 Å². The Bertz CT molecular complexity index is 5500. The van der Waals surface area contributed by atoms with E-state index in [1.807, 2.05) is 93.2 Å². The van der Waals surface area contributed by atoms with E-state index in [-0.39, 0.29) is 49.0 Å². The molecule has 8 aromatic rings. The van der Waals surface area contributed by atoms with Crippen LogP contribution in [-0.4, -0.2) is 236 Å². The number of unbranched alkanes of at least 4 members (excludes halogenated alkanes) is 8. The third kappa shape index (κ3) is 32.1. The first-order chi connectivity index (χ1) is 70.6. The molecule has 0 unspecified atom stereocenters. The van der Waals surface area contributed by atoms with Crippen molar-refractivity contribution in [3.8, 4) is 0 Å². The molecule has 0 aromatic heterocycles. The lowest BCUT2D eigenvalue weighted by atomic mass is 10.0. The Labute approximate surface area is 924 Å². The van der Waals surface area contributed by atoms with Crippen LogP contribution < -0.4 is 45.8 Å². The Morgan fingerprint density at radius 1 is 0.377 bits per heavy atom. The molecule has 794 valence electrons. The third-order valence-corrected chi connectivity index (χ3v) is 34.8. The van der Waals surface area contributed by atoms with Gasteiger partial charge in [-0.25, -0.2) is 4.79 Å². The predicted octanol–water partition coefficient (Wildman–Crippen LogP) is 22.5. The SMILES string of the molecule is CCCCCc1cc(Cl)c(C=O)cc1Cl.CCCCCc1cc(Cl)c(CN2CSC[C@H]2C(=O)N2CCN(C3CC3)c3ccccc32)cc1Cl.CCCCCc1cc(Cl)c(CO)cc1Cl.NCCCCc1cc(Cl)c(CN2CSC[C@H]2C(=O)N2CCN(C3CC3)c3ccccc32)cc1Cl.O=C(NCCCCc1cc(Cl)c(CN2CSC[C@H]2C(=O)N2CCN(C3CC3)c3ccccc32)cc1Cl)NC[C@@H](O)[C@H](O)[C@@H](O)[C@@H](O)CO. The average molecular weight is 2260 g/mol. The van der Waals surface area contributed by atoms with Gasteiger partial charge in [0.25, 0.3) is 0 Å². The van der Waals surface area contributed by atoms with E-state index in [2.05, 4.69) is 109 Å². The number of nitrogens with two attached hydrogens (primary N) is 1. The van der Waals surface area contributed by atoms with E-state index < -0.39 is 37.1 Å². The second kappa shape index (κ2) is 58.4. The molecule has 23 nitrogen and oxygen atoms in total. The second-order valence-electron chi connectivity index (χ2n) is 38.9. The smallest absolute Gasteiger partial charge is 0.314 e. The second-order valence-corrected chi connectivity index (χ2v) is 46.0. The van der Waals surface area contributed by atoms with Crippen molar-refractivity contribution in [2.75, 3.05) is 130 Å². The number of nitrogens with one attached hydrogen (secondary N) is 2. The number of urea groups is 1. The fourth-order valence-electron chi connectivity index (χ4n) is 19.3. The molecule has 3 saturated heterocycles. The van der Waals surface area contributed by atoms with Gasteiger partial charge >= 0.3 is 6.03 Å². The molecule has 3 saturated carbocycles. The van der Waals surface area contributed by atoms with E-state index >= 15 is 0 Å². The summed E-state index contributed by atoms with van der Waals surface area (Å²) >= 11 is 69.4. The van der Waals surface area contributed by atoms with Crippen LogP contribution in [0.5, 0.6) is 0 Å². The van der Waals surface area contributed by atoms with Gasteiger partial charge in [0.15, 0.2) is 6.29 Å². The summed E-state index contributed by atoms with van der Waals surface area (Å²) in [5, 5.41) is 68.4. The number of para-hydroxylation sites is 6. The number of aliphatic hydroxyl groups is 6. The van der Waals surface area contributed by atoms with Crippen LogP contribution in [0.25, 0.3) is 0 Å². The number of fused-ring (bicyclic) bond motifs is 3. The first-order valence-electron chi connectivity index (χ1n) is 51.5. The number of carbonyl (C=O) groups excluding carboxylic acids is 5. The first kappa shape index (κ1) is 117. The topological polar surface area (TPSA) is 286 Å². The minimum atomic E-state index is -1.76. The number of nitrogens with zero attached hydrogens (tertiary/aromatic N) is 9. The zero-order chi connectivity index (χ0) is 104. The fourth-order valence-corrected chi connectivity index (χ4v) is 25.5. The van der Waals surface area contributed by atoms with Gasteiger partial charge in [0.2, 0.25) is 17.7 Å². The highest BCUT2D eigenvalue weighted by Crippen LogP contribution is 2.47. The lowest BCUT2D eigenvalue weighted by Crippen LogP contribution is -2.52. The first-order valence-corrected chi connectivity index (χ1v) is 58.8. The van der Waals surface area contributed by atoms with Crippen LogP contribution in [0.1, 0.15) is 203 Å². The van der Waals surface area contributed by atoms with Crippen molar-refractivity contribution >= 4 is 215 Å². The highest BCUT2D eigenvalue weighted by Gasteiger charge is 2.45. The number of aldehydes is 1. The molecule has 17 rings (SSSR count). The Balaban J connectivity index is 0.000000162. The number of aryl methyl sites for hydroxylation is 5. The molecule has 5 amide bonds. The molecule has 6 heterocycles. The summed E-state index contributed by atoms with van der Waals surface area (Å²) < 4.78 is 0. The monoisotopic (exact) mass is 2250 g/mol. The summed E-state index contributed by atoms with van der Waals surface area (Å²) in [6.07, 6.45) is 19.7. The van der Waals surface area contributed by atoms with Crippen molar-refractivity contribution in [2.45, 2.75) is 262 Å². The van der Waals surface area contributed by atoms with Crippen molar-refractivity contribution in [1.29, 1.82) is 0 Å². The summed E-state index contributed by atoms with van der Waals surface area (Å²) in [6, 6.07) is 44.5. The van der Waals surface area contributed by atoms with Crippen LogP contribution >= 0.6 is 151 Å². The fraction of sp³-hybridized carbons (Fsp3) is 0.518. The molecule has 0 bridgehead atoms. The number of hydrogen-bond donors (Lipinski definition) is 9. The number of benzene rings is 8. The maximum atomic E-state index is 13.9. The van der Waals surface area contributed by atoms with Gasteiger partial charge in [0.05, 0.1) is 76.6 Å². The largest absolute Gasteiger partial charge is 0.394 e. The molecule has 10 N–H and O–H groups in total. The van der Waals surface area contributed by atoms with Crippen LogP contribution in [0.15, 0.2) is 133 Å². The van der Waals surface area contributed by atoms with Crippen molar-refractivity contribution in [3.05, 3.63) is 239 Å². The summed E-state index contributed by atoms with van der Waals surface area (Å²) in [5.74, 6) is 5.20. The van der Waals surface area contributed by atoms with Gasteiger partial charge in [-0.3, -0.25) is 33.9 Å². The molecule has 6 fully saturated rings. The number of halogens is 10. The van der Waals surface area contributed by atoms with Crippen LogP contribution in [0.3, 0.4) is 0 Å². The lowest BCUT2D eigenvalue weighted by Gasteiger charge is -2.39. The molecular formula is C110H140Cl10N12O11S3. The number of anilines is 6. The van der Waals surface area contributed by atoms with Crippen molar-refractivity contribution < 1.29 is 54.6 Å². The van der Waals surface area contributed by atoms with Gasteiger partial charge in [-0.2, -0.15) is 0 Å². The molecule has 36 heteroatoms. The Hall–Kier alpha value is -5.94. The zero-order valence-electron chi connectivity index (χ0n) is 83.5. The molecular weight excluding hydrogens is 2120 g/mol. The summed E-state index contributed by atoms with van der Waals surface area (Å²) in [7, 11) is 0. The summed E-state index contributed by atoms with van der Waals surface area (Å²) in [5.41, 5.74) is 21.5. The van der Waals surface area contributed by atoms with Crippen molar-refractivity contribution in [3.63, 3.8) is 0 Å². The average Bonchev–Trinajstić information content (AvgIpc) is 1.20. The predicted molar refractivity (Wildman–Crippen MR) is 608 cm³/mol. The van der Waals surface area contributed by atoms with Gasteiger partial charge < -0.3 is 76.4 Å². The number of hydrogen-bond acceptors (Lipinski definition) is 21. The highest BCUT2D eigenvalue weighted by atomic mass is 35.5. The van der Waals surface area contributed by atoms with E-state index in [1.165, 1.54) is 88.4 Å². The van der Waals surface area contributed by atoms with Crippen molar-refractivity contribution in [2.24, 2.45) is 5.73 Å². The Morgan fingerprint density at radius 3 is 0.993 bits per heavy atom. The van der Waals surface area contributed by atoms with E-state index in [0.29, 0.717) is 111 Å². The number of thioether (sulfide) groups is 3. The maximum Gasteiger partial charge on any atom is 0.314 e. The van der Waals surface area contributed by atoms with Gasteiger partial charge in [0.1, 0.15) is 18.3 Å². The minimum Gasteiger partial charge on any atom is -0.394 e.